The van der Waals surface area contributed by atoms with Crippen LogP contribution in [0.25, 0.3) is 0 Å². The van der Waals surface area contributed by atoms with Crippen molar-refractivity contribution in [3.8, 4) is 0 Å². The molecular formula is C46H82O2. The Morgan fingerprint density at radius 1 is 0.771 bits per heavy atom. The van der Waals surface area contributed by atoms with Crippen molar-refractivity contribution in [2.24, 2.45) is 52.3 Å². The van der Waals surface area contributed by atoms with E-state index in [1.807, 2.05) is 0 Å². The number of unbranched alkanes of at least 4 members (excludes halogenated alkanes) is 13. The third-order valence-corrected chi connectivity index (χ3v) is 15.3. The van der Waals surface area contributed by atoms with Gasteiger partial charge in [0.25, 0.3) is 0 Å². The predicted octanol–water partition coefficient (Wildman–Crippen LogP) is 14.4. The van der Waals surface area contributed by atoms with Gasteiger partial charge in [0.15, 0.2) is 0 Å². The van der Waals surface area contributed by atoms with Gasteiger partial charge >= 0.3 is 5.97 Å². The lowest BCUT2D eigenvalue weighted by Gasteiger charge is -2.58. The van der Waals surface area contributed by atoms with Crippen LogP contribution in [-0.2, 0) is 9.53 Å². The number of ether oxygens (including phenoxy) is 1. The van der Waals surface area contributed by atoms with E-state index in [4.69, 9.17) is 4.74 Å². The fourth-order valence-corrected chi connectivity index (χ4v) is 12.1. The van der Waals surface area contributed by atoms with Crippen molar-refractivity contribution in [2.45, 2.75) is 222 Å². The van der Waals surface area contributed by atoms with Gasteiger partial charge < -0.3 is 4.74 Å². The highest BCUT2D eigenvalue weighted by Gasteiger charge is 2.59. The van der Waals surface area contributed by atoms with E-state index in [0.29, 0.717) is 17.3 Å². The highest BCUT2D eigenvalue weighted by molar-refractivity contribution is 5.69. The molecule has 0 bridgehead atoms. The molecule has 0 amide bonds. The Labute approximate surface area is 300 Å². The van der Waals surface area contributed by atoms with Crippen molar-refractivity contribution < 1.29 is 9.53 Å². The van der Waals surface area contributed by atoms with Gasteiger partial charge in [-0.15, -0.1) is 0 Å². The fourth-order valence-electron chi connectivity index (χ4n) is 12.1. The highest BCUT2D eigenvalue weighted by atomic mass is 16.5. The van der Waals surface area contributed by atoms with Gasteiger partial charge in [-0.3, -0.25) is 4.79 Å². The van der Waals surface area contributed by atoms with E-state index in [-0.39, 0.29) is 12.1 Å². The van der Waals surface area contributed by atoms with E-state index in [2.05, 4.69) is 54.5 Å². The summed E-state index contributed by atoms with van der Waals surface area (Å²) in [6.45, 7) is 17.5. The summed E-state index contributed by atoms with van der Waals surface area (Å²) in [4.78, 5) is 12.8. The maximum absolute atomic E-state index is 12.8. The molecular weight excluding hydrogens is 585 g/mol. The minimum atomic E-state index is 0.0648. The number of allylic oxidation sites excluding steroid dienone is 1. The SMILES string of the molecule is CCCCCCCCCCCCCCCCC(=O)O[C@H]1CC[C@@]2(C)C(=CC[C@H]3[C@@H]4CC[C@H]([C@H](C)CC[C@@H](CC)C(C)C)[C@@]4(C)CC[C@@H]32)C1. The third kappa shape index (κ3) is 10.4. The Hall–Kier alpha value is -0.790. The Morgan fingerprint density at radius 3 is 2.00 bits per heavy atom. The molecule has 0 heterocycles. The van der Waals surface area contributed by atoms with Crippen LogP contribution in [0.15, 0.2) is 11.6 Å². The number of fused-ring (bicyclic) bond motifs is 5. The normalized spacial score (nSPS) is 32.7. The Balaban J connectivity index is 1.14. The molecule has 3 saturated carbocycles. The van der Waals surface area contributed by atoms with Gasteiger partial charge in [0.05, 0.1) is 0 Å². The fraction of sp³-hybridized carbons (Fsp3) is 0.935. The van der Waals surface area contributed by atoms with Gasteiger partial charge in [-0.05, 0) is 110 Å². The predicted molar refractivity (Wildman–Crippen MR) is 207 cm³/mol. The van der Waals surface area contributed by atoms with Gasteiger partial charge in [-0.1, -0.05) is 156 Å². The molecule has 4 rings (SSSR count). The molecule has 9 atom stereocenters. The highest BCUT2D eigenvalue weighted by Crippen LogP contribution is 2.67. The van der Waals surface area contributed by atoms with Gasteiger partial charge in [0, 0.05) is 12.8 Å². The van der Waals surface area contributed by atoms with Crippen molar-refractivity contribution in [3.63, 3.8) is 0 Å². The summed E-state index contributed by atoms with van der Waals surface area (Å²) in [5, 5.41) is 0. The first-order chi connectivity index (χ1) is 23.1. The molecule has 0 aromatic carbocycles. The van der Waals surface area contributed by atoms with Crippen molar-refractivity contribution >= 4 is 5.97 Å². The van der Waals surface area contributed by atoms with E-state index < -0.39 is 0 Å². The zero-order valence-corrected chi connectivity index (χ0v) is 33.4. The molecule has 3 fully saturated rings. The van der Waals surface area contributed by atoms with Crippen molar-refractivity contribution in [3.05, 3.63) is 11.6 Å². The molecule has 2 nitrogen and oxygen atoms in total. The van der Waals surface area contributed by atoms with Crippen LogP contribution in [0.2, 0.25) is 0 Å². The van der Waals surface area contributed by atoms with Crippen molar-refractivity contribution in [1.82, 2.24) is 0 Å². The lowest BCUT2D eigenvalue weighted by atomic mass is 9.47. The molecule has 0 aromatic rings. The molecule has 2 heteroatoms. The number of hydrogen-bond donors (Lipinski definition) is 0. The van der Waals surface area contributed by atoms with Crippen LogP contribution < -0.4 is 0 Å². The number of hydrogen-bond acceptors (Lipinski definition) is 2. The molecule has 0 radical (unpaired) electrons. The summed E-state index contributed by atoms with van der Waals surface area (Å²) in [5.41, 5.74) is 2.52. The maximum Gasteiger partial charge on any atom is 0.306 e. The summed E-state index contributed by atoms with van der Waals surface area (Å²) < 4.78 is 6.14. The second-order valence-corrected chi connectivity index (χ2v) is 18.7. The van der Waals surface area contributed by atoms with E-state index in [0.717, 1.165) is 60.7 Å². The molecule has 0 unspecified atom stereocenters. The Bertz CT molecular complexity index is 965. The van der Waals surface area contributed by atoms with Crippen molar-refractivity contribution in [2.75, 3.05) is 0 Å². The molecule has 0 aromatic heterocycles. The molecule has 0 N–H and O–H groups in total. The minimum absolute atomic E-state index is 0.0648. The van der Waals surface area contributed by atoms with Crippen LogP contribution in [0.1, 0.15) is 215 Å². The largest absolute Gasteiger partial charge is 0.462 e. The molecule has 48 heavy (non-hydrogen) atoms. The minimum Gasteiger partial charge on any atom is -0.462 e. The lowest BCUT2D eigenvalue weighted by molar-refractivity contribution is -0.151. The number of esters is 1. The average Bonchev–Trinajstić information content (AvgIpc) is 3.42. The quantitative estimate of drug-likeness (QED) is 0.0653. The van der Waals surface area contributed by atoms with E-state index in [9.17, 15) is 4.79 Å². The van der Waals surface area contributed by atoms with Crippen molar-refractivity contribution in [1.29, 1.82) is 0 Å². The van der Waals surface area contributed by atoms with E-state index in [1.165, 1.54) is 141 Å². The van der Waals surface area contributed by atoms with Crippen LogP contribution in [0.3, 0.4) is 0 Å². The van der Waals surface area contributed by atoms with E-state index >= 15 is 0 Å². The summed E-state index contributed by atoms with van der Waals surface area (Å²) in [6.07, 6.45) is 36.8. The molecule has 0 saturated heterocycles. The monoisotopic (exact) mass is 667 g/mol. The van der Waals surface area contributed by atoms with Gasteiger partial charge in [-0.2, -0.15) is 0 Å². The number of carbonyl (C=O) groups is 1. The van der Waals surface area contributed by atoms with Crippen LogP contribution >= 0.6 is 0 Å². The summed E-state index contributed by atoms with van der Waals surface area (Å²) >= 11 is 0. The first kappa shape index (κ1) is 40.0. The van der Waals surface area contributed by atoms with Gasteiger partial charge in [0.1, 0.15) is 6.10 Å². The second kappa shape index (κ2) is 19.7. The number of carbonyl (C=O) groups excluding carboxylic acids is 1. The van der Waals surface area contributed by atoms with Crippen LogP contribution in [0.4, 0.5) is 0 Å². The lowest BCUT2D eigenvalue weighted by Crippen LogP contribution is -2.51. The van der Waals surface area contributed by atoms with Gasteiger partial charge in [0.2, 0.25) is 0 Å². The van der Waals surface area contributed by atoms with Crippen LogP contribution in [0.5, 0.6) is 0 Å². The molecule has 278 valence electrons. The first-order valence-electron chi connectivity index (χ1n) is 22.0. The summed E-state index contributed by atoms with van der Waals surface area (Å²) in [7, 11) is 0. The standard InChI is InChI=1S/C46H82O2/c1-8-10-11-12-13-14-15-16-17-18-19-20-21-22-23-44(47)48-39-30-32-45(6)38(34-39)26-27-40-42-29-28-41(46(42,7)33-31-43(40)45)36(5)24-25-37(9-2)35(3)4/h26,35-37,39-43H,8-25,27-34H2,1-7H3/t36-,37-,39+,40+,41-,42+,43+,45+,46-/m1/s1. The molecule has 4 aliphatic carbocycles. The van der Waals surface area contributed by atoms with E-state index in [1.54, 1.807) is 5.57 Å². The smallest absolute Gasteiger partial charge is 0.306 e. The molecule has 4 aliphatic rings. The van der Waals surface area contributed by atoms with Gasteiger partial charge in [-0.25, -0.2) is 0 Å². The molecule has 0 aliphatic heterocycles. The maximum atomic E-state index is 12.8. The zero-order chi connectivity index (χ0) is 34.6. The summed E-state index contributed by atoms with van der Waals surface area (Å²) in [5.74, 6) is 6.18. The first-order valence-corrected chi connectivity index (χ1v) is 22.0. The second-order valence-electron chi connectivity index (χ2n) is 18.7. The zero-order valence-electron chi connectivity index (χ0n) is 33.4. The Kier molecular flexibility index (Phi) is 16.4. The summed E-state index contributed by atoms with van der Waals surface area (Å²) in [6, 6.07) is 0. The topological polar surface area (TPSA) is 26.3 Å². The Morgan fingerprint density at radius 2 is 1.40 bits per heavy atom. The van der Waals surface area contributed by atoms with Crippen LogP contribution in [0, 0.1) is 52.3 Å². The third-order valence-electron chi connectivity index (χ3n) is 15.3. The molecule has 0 spiro atoms. The van der Waals surface area contributed by atoms with Crippen LogP contribution in [-0.4, -0.2) is 12.1 Å². The average molecular weight is 667 g/mol. The number of rotatable bonds is 22.